The Labute approximate surface area is 133 Å². The Morgan fingerprint density at radius 1 is 1.18 bits per heavy atom. The minimum atomic E-state index is -2.33. The lowest BCUT2D eigenvalue weighted by Crippen LogP contribution is -2.19. The second-order valence-electron chi connectivity index (χ2n) is 5.83. The van der Waals surface area contributed by atoms with Crippen molar-refractivity contribution < 1.29 is 18.8 Å². The summed E-state index contributed by atoms with van der Waals surface area (Å²) in [6.45, 7) is 8.30. The Morgan fingerprint density at radius 2 is 1.82 bits per heavy atom. The van der Waals surface area contributed by atoms with Crippen LogP contribution in [0.15, 0.2) is 24.3 Å². The Morgan fingerprint density at radius 3 is 2.32 bits per heavy atom. The molecule has 0 spiro atoms. The zero-order valence-corrected chi connectivity index (χ0v) is 14.9. The highest BCUT2D eigenvalue weighted by atomic mass is 31.2. The molecule has 0 heterocycles. The van der Waals surface area contributed by atoms with Crippen LogP contribution in [-0.2, 0) is 14.1 Å². The second-order valence-corrected chi connectivity index (χ2v) is 9.35. The fourth-order valence-corrected chi connectivity index (χ4v) is 3.37. The van der Waals surface area contributed by atoms with E-state index >= 15 is 0 Å². The molecule has 5 heteroatoms. The predicted molar refractivity (Wildman–Crippen MR) is 90.5 cm³/mol. The molecule has 0 aliphatic carbocycles. The topological polar surface area (TPSA) is 52.6 Å². The maximum absolute atomic E-state index is 12.1. The van der Waals surface area contributed by atoms with E-state index in [0.29, 0.717) is 19.4 Å². The van der Waals surface area contributed by atoms with Gasteiger partial charge in [-0.1, -0.05) is 25.5 Å². The van der Waals surface area contributed by atoms with Crippen molar-refractivity contribution in [1.82, 2.24) is 0 Å². The first-order valence-corrected chi connectivity index (χ1v) is 10.6. The number of unbranched alkanes of at least 4 members (excludes halogenated alkanes) is 1. The lowest BCUT2D eigenvalue weighted by molar-refractivity contribution is -0.144. The van der Waals surface area contributed by atoms with Gasteiger partial charge in [-0.15, -0.1) is 0 Å². The first kappa shape index (κ1) is 18.8. The van der Waals surface area contributed by atoms with Crippen molar-refractivity contribution in [2.45, 2.75) is 32.6 Å². The minimum Gasteiger partial charge on any atom is -0.494 e. The van der Waals surface area contributed by atoms with Gasteiger partial charge in [0.05, 0.1) is 26.3 Å². The average molecular weight is 326 g/mol. The van der Waals surface area contributed by atoms with Crippen molar-refractivity contribution in [1.29, 1.82) is 0 Å². The molecule has 22 heavy (non-hydrogen) atoms. The summed E-state index contributed by atoms with van der Waals surface area (Å²) in [6.07, 6.45) is 2.43. The molecular formula is C17H27O4P. The predicted octanol–water partition coefficient (Wildman–Crippen LogP) is 4.13. The zero-order valence-electron chi connectivity index (χ0n) is 14.0. The fourth-order valence-electron chi connectivity index (χ4n) is 2.13. The molecule has 0 amide bonds. The maximum atomic E-state index is 12.1. The van der Waals surface area contributed by atoms with Gasteiger partial charge in [0, 0.05) is 6.16 Å². The molecule has 0 unspecified atom stereocenters. The van der Waals surface area contributed by atoms with Crippen molar-refractivity contribution in [2.24, 2.45) is 0 Å². The molecule has 0 bridgehead atoms. The van der Waals surface area contributed by atoms with E-state index in [1.54, 1.807) is 20.3 Å². The van der Waals surface area contributed by atoms with Crippen LogP contribution < -0.4 is 4.74 Å². The maximum Gasteiger partial charge on any atom is 0.313 e. The van der Waals surface area contributed by atoms with Gasteiger partial charge in [-0.2, -0.15) is 0 Å². The Balaban J connectivity index is 2.85. The highest BCUT2D eigenvalue weighted by molar-refractivity contribution is 7.62. The number of rotatable bonds is 9. The van der Waals surface area contributed by atoms with Crippen LogP contribution in [0.25, 0.3) is 0 Å². The molecule has 1 atom stereocenters. The Bertz CT molecular complexity index is 504. The van der Waals surface area contributed by atoms with Crippen LogP contribution in [0.2, 0.25) is 0 Å². The van der Waals surface area contributed by atoms with Gasteiger partial charge >= 0.3 is 5.97 Å². The van der Waals surface area contributed by atoms with Crippen LogP contribution in [0.3, 0.4) is 0 Å². The largest absolute Gasteiger partial charge is 0.494 e. The first-order chi connectivity index (χ1) is 10.4. The smallest absolute Gasteiger partial charge is 0.313 e. The first-order valence-electron chi connectivity index (χ1n) is 7.80. The van der Waals surface area contributed by atoms with Crippen molar-refractivity contribution in [2.75, 3.05) is 32.7 Å². The van der Waals surface area contributed by atoms with Crippen LogP contribution in [0.4, 0.5) is 0 Å². The molecule has 0 aliphatic rings. The van der Waals surface area contributed by atoms with E-state index in [2.05, 4.69) is 6.92 Å². The van der Waals surface area contributed by atoms with E-state index in [1.165, 1.54) is 0 Å². The Hall–Kier alpha value is -1.28. The minimum absolute atomic E-state index is 0.314. The number of carbonyl (C=O) groups is 1. The van der Waals surface area contributed by atoms with Crippen molar-refractivity contribution >= 4 is 13.1 Å². The highest BCUT2D eigenvalue weighted by Gasteiger charge is 2.27. The van der Waals surface area contributed by atoms with E-state index in [9.17, 15) is 9.36 Å². The highest BCUT2D eigenvalue weighted by Crippen LogP contribution is 2.41. The van der Waals surface area contributed by atoms with Crippen LogP contribution in [0, 0.1) is 0 Å². The summed E-state index contributed by atoms with van der Waals surface area (Å²) in [5.74, 6) is -0.00691. The Kier molecular flexibility index (Phi) is 7.67. The van der Waals surface area contributed by atoms with E-state index in [0.717, 1.165) is 24.2 Å². The summed E-state index contributed by atoms with van der Waals surface area (Å²) in [7, 11) is -2.33. The molecule has 0 saturated heterocycles. The lowest BCUT2D eigenvalue weighted by atomic mass is 10.0. The van der Waals surface area contributed by atoms with E-state index in [4.69, 9.17) is 9.47 Å². The van der Waals surface area contributed by atoms with Gasteiger partial charge < -0.3 is 14.0 Å². The normalized spacial score (nSPS) is 12.7. The van der Waals surface area contributed by atoms with Crippen molar-refractivity contribution in [3.8, 4) is 5.75 Å². The summed E-state index contributed by atoms with van der Waals surface area (Å²) in [5.41, 5.74) is 0.824. The molecule has 1 aromatic carbocycles. The summed E-state index contributed by atoms with van der Waals surface area (Å²) in [5, 5.41) is 0. The molecule has 124 valence electrons. The SMILES string of the molecule is CCCCOc1ccc([C@H](CP(C)(C)=O)C(=O)OCC)cc1. The van der Waals surface area contributed by atoms with Crippen molar-refractivity contribution in [3.63, 3.8) is 0 Å². The molecule has 1 rings (SSSR count). The molecule has 0 aromatic heterocycles. The molecule has 0 aliphatic heterocycles. The molecule has 4 nitrogen and oxygen atoms in total. The number of benzene rings is 1. The van der Waals surface area contributed by atoms with Gasteiger partial charge in [-0.3, -0.25) is 4.79 Å². The van der Waals surface area contributed by atoms with E-state index < -0.39 is 13.1 Å². The number of carbonyl (C=O) groups excluding carboxylic acids is 1. The van der Waals surface area contributed by atoms with Crippen LogP contribution >= 0.6 is 7.14 Å². The molecular weight excluding hydrogens is 299 g/mol. The van der Waals surface area contributed by atoms with Gasteiger partial charge in [-0.05, 0) is 44.4 Å². The van der Waals surface area contributed by atoms with Gasteiger partial charge in [0.15, 0.2) is 0 Å². The standard InChI is InChI=1S/C17H27O4P/c1-5-7-12-21-15-10-8-14(9-11-15)16(13-22(3,4)19)17(18)20-6-2/h8-11,16H,5-7,12-13H2,1-4H3/t16-/m0/s1. The van der Waals surface area contributed by atoms with E-state index in [-0.39, 0.29) is 5.97 Å². The van der Waals surface area contributed by atoms with Crippen LogP contribution in [0.5, 0.6) is 5.75 Å². The van der Waals surface area contributed by atoms with Gasteiger partial charge in [0.25, 0.3) is 0 Å². The second kappa shape index (κ2) is 8.99. The summed E-state index contributed by atoms with van der Waals surface area (Å²) < 4.78 is 22.9. The number of ether oxygens (including phenoxy) is 2. The van der Waals surface area contributed by atoms with Gasteiger partial charge in [-0.25, -0.2) is 0 Å². The molecule has 0 saturated carbocycles. The quantitative estimate of drug-likeness (QED) is 0.389. The molecule has 0 fully saturated rings. The lowest BCUT2D eigenvalue weighted by Gasteiger charge is -2.18. The van der Waals surface area contributed by atoms with Crippen LogP contribution in [-0.4, -0.2) is 38.7 Å². The third kappa shape index (κ3) is 6.65. The van der Waals surface area contributed by atoms with Gasteiger partial charge in [0.2, 0.25) is 0 Å². The summed E-state index contributed by atoms with van der Waals surface area (Å²) >= 11 is 0. The number of hydrogen-bond donors (Lipinski definition) is 0. The van der Waals surface area contributed by atoms with Crippen molar-refractivity contribution in [3.05, 3.63) is 29.8 Å². The number of esters is 1. The van der Waals surface area contributed by atoms with Gasteiger partial charge in [0.1, 0.15) is 5.75 Å². The third-order valence-corrected chi connectivity index (χ3v) is 4.49. The molecule has 0 N–H and O–H groups in total. The summed E-state index contributed by atoms with van der Waals surface area (Å²) in [6, 6.07) is 7.43. The summed E-state index contributed by atoms with van der Waals surface area (Å²) in [4.78, 5) is 12.1. The van der Waals surface area contributed by atoms with E-state index in [1.807, 2.05) is 24.3 Å². The number of hydrogen-bond acceptors (Lipinski definition) is 4. The average Bonchev–Trinajstić information content (AvgIpc) is 2.45. The monoisotopic (exact) mass is 326 g/mol. The fraction of sp³-hybridized carbons (Fsp3) is 0.588. The van der Waals surface area contributed by atoms with Crippen LogP contribution in [0.1, 0.15) is 38.2 Å². The molecule has 0 radical (unpaired) electrons. The molecule has 1 aromatic rings. The zero-order chi connectivity index (χ0) is 16.6. The third-order valence-electron chi connectivity index (χ3n) is 3.24.